The highest BCUT2D eigenvalue weighted by atomic mass is 79.9. The molecule has 0 radical (unpaired) electrons. The maximum absolute atomic E-state index is 13.4. The van der Waals surface area contributed by atoms with Crippen LogP contribution in [0.25, 0.3) is 0 Å². The summed E-state index contributed by atoms with van der Waals surface area (Å²) in [6.45, 7) is 5.18. The van der Waals surface area contributed by atoms with Gasteiger partial charge in [0, 0.05) is 6.20 Å². The van der Waals surface area contributed by atoms with Crippen LogP contribution in [-0.4, -0.2) is 16.7 Å². The van der Waals surface area contributed by atoms with E-state index in [1.165, 1.54) is 12.3 Å². The number of carbonyl (C=O) groups excluding carboxylic acids is 1. The molecular weight excluding hydrogens is 279 g/mol. The van der Waals surface area contributed by atoms with E-state index in [0.29, 0.717) is 0 Å². The number of rotatable bonds is 1. The Morgan fingerprint density at radius 2 is 2.19 bits per heavy atom. The molecule has 1 aromatic rings. The normalized spacial score (nSPS) is 11.1. The van der Waals surface area contributed by atoms with E-state index >= 15 is 0 Å². The summed E-state index contributed by atoms with van der Waals surface area (Å²) in [6, 6.07) is 1.35. The lowest BCUT2D eigenvalue weighted by Gasteiger charge is -2.19. The van der Waals surface area contributed by atoms with E-state index in [1.807, 2.05) is 0 Å². The maximum atomic E-state index is 13.4. The van der Waals surface area contributed by atoms with E-state index < -0.39 is 17.5 Å². The van der Waals surface area contributed by atoms with Crippen LogP contribution in [0, 0.1) is 5.82 Å². The van der Waals surface area contributed by atoms with E-state index in [1.54, 1.807) is 20.8 Å². The van der Waals surface area contributed by atoms with Gasteiger partial charge in [0.1, 0.15) is 10.2 Å². The largest absolute Gasteiger partial charge is 0.444 e. The van der Waals surface area contributed by atoms with Crippen LogP contribution in [0.4, 0.5) is 14.9 Å². The second kappa shape index (κ2) is 4.78. The molecule has 0 saturated carbocycles. The Morgan fingerprint density at radius 3 is 2.75 bits per heavy atom. The Hall–Kier alpha value is -1.17. The van der Waals surface area contributed by atoms with Gasteiger partial charge < -0.3 is 4.74 Å². The van der Waals surface area contributed by atoms with Crippen LogP contribution in [0.15, 0.2) is 16.9 Å². The molecule has 1 heterocycles. The highest BCUT2D eigenvalue weighted by molar-refractivity contribution is 9.10. The number of aromatic nitrogens is 1. The van der Waals surface area contributed by atoms with Crippen LogP contribution in [0.2, 0.25) is 0 Å². The minimum absolute atomic E-state index is 0.0242. The van der Waals surface area contributed by atoms with Crippen molar-refractivity contribution >= 4 is 27.7 Å². The van der Waals surface area contributed by atoms with Crippen molar-refractivity contribution in [3.63, 3.8) is 0 Å². The van der Waals surface area contributed by atoms with Crippen LogP contribution in [0.5, 0.6) is 0 Å². The molecule has 0 bridgehead atoms. The molecule has 0 aliphatic rings. The second-order valence-electron chi connectivity index (χ2n) is 4.09. The first kappa shape index (κ1) is 12.9. The van der Waals surface area contributed by atoms with E-state index in [0.717, 1.165) is 0 Å². The third kappa shape index (κ3) is 3.77. The van der Waals surface area contributed by atoms with Gasteiger partial charge in [-0.15, -0.1) is 0 Å². The van der Waals surface area contributed by atoms with E-state index in [2.05, 4.69) is 26.2 Å². The topological polar surface area (TPSA) is 51.2 Å². The summed E-state index contributed by atoms with van der Waals surface area (Å²) >= 11 is 2.92. The number of nitrogens with zero attached hydrogens (tertiary/aromatic N) is 1. The summed E-state index contributed by atoms with van der Waals surface area (Å²) in [5.74, 6) is -0.631. The molecule has 0 aromatic carbocycles. The first-order valence-corrected chi connectivity index (χ1v) is 5.39. The van der Waals surface area contributed by atoms with Crippen molar-refractivity contribution in [2.45, 2.75) is 26.4 Å². The molecule has 1 amide bonds. The van der Waals surface area contributed by atoms with Crippen LogP contribution in [0.3, 0.4) is 0 Å². The molecule has 0 fully saturated rings. The minimum atomic E-state index is -0.704. The summed E-state index contributed by atoms with van der Waals surface area (Å²) < 4.78 is 18.4. The SMILES string of the molecule is CC(C)(C)OC(=O)Nc1ccnc(Br)c1F. The molecule has 0 spiro atoms. The number of hydrogen-bond acceptors (Lipinski definition) is 3. The van der Waals surface area contributed by atoms with Crippen LogP contribution in [0.1, 0.15) is 20.8 Å². The molecule has 0 saturated heterocycles. The van der Waals surface area contributed by atoms with Gasteiger partial charge >= 0.3 is 6.09 Å². The monoisotopic (exact) mass is 290 g/mol. The van der Waals surface area contributed by atoms with Gasteiger partial charge in [-0.25, -0.2) is 14.2 Å². The fraction of sp³-hybridized carbons (Fsp3) is 0.400. The lowest BCUT2D eigenvalue weighted by molar-refractivity contribution is 0.0635. The number of carbonyl (C=O) groups is 1. The lowest BCUT2D eigenvalue weighted by Crippen LogP contribution is -2.27. The summed E-state index contributed by atoms with van der Waals surface area (Å²) in [5, 5.41) is 2.30. The number of pyridine rings is 1. The molecule has 4 nitrogen and oxygen atoms in total. The minimum Gasteiger partial charge on any atom is -0.444 e. The zero-order valence-corrected chi connectivity index (χ0v) is 10.8. The molecular formula is C10H12BrFN2O2. The molecule has 0 aliphatic carbocycles. The molecule has 88 valence electrons. The number of halogens is 2. The first-order valence-electron chi connectivity index (χ1n) is 4.59. The van der Waals surface area contributed by atoms with Crippen molar-refractivity contribution in [1.82, 2.24) is 4.98 Å². The predicted molar refractivity (Wildman–Crippen MR) is 61.8 cm³/mol. The van der Waals surface area contributed by atoms with Crippen molar-refractivity contribution in [3.8, 4) is 0 Å². The van der Waals surface area contributed by atoms with Crippen LogP contribution in [-0.2, 0) is 4.74 Å². The summed E-state index contributed by atoms with van der Waals surface area (Å²) in [4.78, 5) is 15.0. The van der Waals surface area contributed by atoms with Gasteiger partial charge in [-0.2, -0.15) is 0 Å². The predicted octanol–water partition coefficient (Wildman–Crippen LogP) is 3.33. The number of ether oxygens (including phenoxy) is 1. The zero-order valence-electron chi connectivity index (χ0n) is 9.17. The average Bonchev–Trinajstić information content (AvgIpc) is 2.09. The van der Waals surface area contributed by atoms with Gasteiger partial charge in [0.05, 0.1) is 5.69 Å². The third-order valence-corrected chi connectivity index (χ3v) is 2.04. The summed E-state index contributed by atoms with van der Waals surface area (Å²) in [7, 11) is 0. The van der Waals surface area contributed by atoms with E-state index in [9.17, 15) is 9.18 Å². The van der Waals surface area contributed by atoms with Crippen molar-refractivity contribution in [1.29, 1.82) is 0 Å². The fourth-order valence-electron chi connectivity index (χ4n) is 0.928. The Morgan fingerprint density at radius 1 is 1.56 bits per heavy atom. The van der Waals surface area contributed by atoms with Gasteiger partial charge in [-0.3, -0.25) is 5.32 Å². The number of hydrogen-bond donors (Lipinski definition) is 1. The number of amides is 1. The highest BCUT2D eigenvalue weighted by Gasteiger charge is 2.17. The van der Waals surface area contributed by atoms with Crippen molar-refractivity contribution in [2.75, 3.05) is 5.32 Å². The molecule has 1 rings (SSSR count). The first-order chi connectivity index (χ1) is 7.29. The maximum Gasteiger partial charge on any atom is 0.412 e. The Balaban J connectivity index is 2.74. The number of anilines is 1. The third-order valence-electron chi connectivity index (χ3n) is 1.48. The summed E-state index contributed by atoms with van der Waals surface area (Å²) in [5.41, 5.74) is -0.596. The second-order valence-corrected chi connectivity index (χ2v) is 4.84. The lowest BCUT2D eigenvalue weighted by atomic mass is 10.2. The van der Waals surface area contributed by atoms with Gasteiger partial charge in [-0.05, 0) is 42.8 Å². The molecule has 16 heavy (non-hydrogen) atoms. The zero-order chi connectivity index (χ0) is 12.3. The number of nitrogens with one attached hydrogen (secondary N) is 1. The van der Waals surface area contributed by atoms with Crippen LogP contribution >= 0.6 is 15.9 Å². The molecule has 0 atom stereocenters. The Kier molecular flexibility index (Phi) is 3.85. The standard InChI is InChI=1S/C10H12BrFN2O2/c1-10(2,3)16-9(15)14-6-4-5-13-8(11)7(6)12/h4-5H,1-3H3,(H,13,14,15). The Bertz CT molecular complexity index is 404. The fourth-order valence-corrected chi connectivity index (χ4v) is 1.26. The Labute approximate surface area is 101 Å². The highest BCUT2D eigenvalue weighted by Crippen LogP contribution is 2.20. The summed E-state index contributed by atoms with van der Waals surface area (Å²) in [6.07, 6.45) is 0.671. The van der Waals surface area contributed by atoms with Gasteiger partial charge in [0.2, 0.25) is 0 Å². The van der Waals surface area contributed by atoms with E-state index in [4.69, 9.17) is 4.74 Å². The average molecular weight is 291 g/mol. The van der Waals surface area contributed by atoms with E-state index in [-0.39, 0.29) is 10.3 Å². The van der Waals surface area contributed by atoms with Crippen molar-refractivity contribution < 1.29 is 13.9 Å². The van der Waals surface area contributed by atoms with Gasteiger partial charge in [-0.1, -0.05) is 0 Å². The quantitative estimate of drug-likeness (QED) is 0.807. The molecule has 1 N–H and O–H groups in total. The molecule has 6 heteroatoms. The van der Waals surface area contributed by atoms with Crippen molar-refractivity contribution in [3.05, 3.63) is 22.7 Å². The smallest absolute Gasteiger partial charge is 0.412 e. The molecule has 0 unspecified atom stereocenters. The molecule has 0 aliphatic heterocycles. The van der Waals surface area contributed by atoms with Gasteiger partial charge in [0.15, 0.2) is 5.82 Å². The van der Waals surface area contributed by atoms with Crippen molar-refractivity contribution in [2.24, 2.45) is 0 Å². The van der Waals surface area contributed by atoms with Gasteiger partial charge in [0.25, 0.3) is 0 Å². The van der Waals surface area contributed by atoms with Crippen LogP contribution < -0.4 is 5.32 Å². The molecule has 1 aromatic heterocycles.